The molecule has 0 aliphatic carbocycles. The Balaban J connectivity index is 3.73. The van der Waals surface area contributed by atoms with Gasteiger partial charge in [-0.2, -0.15) is 0 Å². The summed E-state index contributed by atoms with van der Waals surface area (Å²) in [6, 6.07) is 0. The third kappa shape index (κ3) is 23.0. The number of likely N-dealkylation sites (N-methyl/N-ethyl adjacent to an activating group) is 1. The van der Waals surface area contributed by atoms with Gasteiger partial charge in [0.2, 0.25) is 0 Å². The fourth-order valence-corrected chi connectivity index (χ4v) is 4.19. The monoisotopic (exact) mass is 496 g/mol. The Kier molecular flexibility index (Phi) is 19.5. The smallest absolute Gasteiger partial charge is 0.463 e. The van der Waals surface area contributed by atoms with E-state index in [0.717, 1.165) is 19.3 Å². The van der Waals surface area contributed by atoms with Crippen molar-refractivity contribution in [3.05, 3.63) is 0 Å². The second-order valence-corrected chi connectivity index (χ2v) is 11.3. The Morgan fingerprint density at radius 2 is 1.36 bits per heavy atom. The quantitative estimate of drug-likeness (QED) is 0.0866. The van der Waals surface area contributed by atoms with E-state index in [-0.39, 0.29) is 19.2 Å². The zero-order valence-electron chi connectivity index (χ0n) is 21.6. The molecule has 0 aliphatic heterocycles. The van der Waals surface area contributed by atoms with E-state index in [1.165, 1.54) is 64.2 Å². The molecule has 0 heterocycles. The molecule has 0 bridgehead atoms. The third-order valence-corrected chi connectivity index (χ3v) is 6.49. The van der Waals surface area contributed by atoms with Crippen LogP contribution in [-0.2, 0) is 23.1 Å². The highest BCUT2D eigenvalue weighted by Crippen LogP contribution is 2.44. The number of aliphatic hydroxyl groups excluding tert-OH is 1. The van der Waals surface area contributed by atoms with Crippen LogP contribution in [0.4, 0.5) is 0 Å². The first kappa shape index (κ1) is 32.5. The summed E-state index contributed by atoms with van der Waals surface area (Å²) in [5.74, 6) is -0.390. The van der Waals surface area contributed by atoms with Gasteiger partial charge in [0.05, 0.1) is 27.7 Å². The van der Waals surface area contributed by atoms with E-state index >= 15 is 0 Å². The van der Waals surface area contributed by atoms with Crippen LogP contribution in [-0.4, -0.2) is 74.1 Å². The second-order valence-electron chi connectivity index (χ2n) is 9.90. The van der Waals surface area contributed by atoms with Crippen LogP contribution in [0.3, 0.4) is 0 Å². The number of hydrogen-bond donors (Lipinski definition) is 2. The van der Waals surface area contributed by atoms with Gasteiger partial charge in [-0.25, -0.2) is 4.57 Å². The number of phosphoric acid groups is 1. The molecule has 1 unspecified atom stereocenters. The molecule has 0 aromatic heterocycles. The highest BCUT2D eigenvalue weighted by Gasteiger charge is 2.28. The second kappa shape index (κ2) is 19.8. The topological polar surface area (TPSA) is 102 Å². The van der Waals surface area contributed by atoms with E-state index in [1.54, 1.807) is 0 Å². The van der Waals surface area contributed by atoms with Crippen molar-refractivity contribution in [2.75, 3.05) is 47.5 Å². The standard InChI is InChI=1S/C24H50NO7P/c1-5-6-7-8-9-10-11-12-13-14-15-16-17-18-24(27)30-22-23(21-26)32-33(28,29)31-20-19-25(2,3)4/h23,26H,5-22H2,1-4H3/p+1/t23-/m1/s1. The fraction of sp³-hybridized carbons (Fsp3) is 0.958. The van der Waals surface area contributed by atoms with E-state index in [9.17, 15) is 19.4 Å². The Morgan fingerprint density at radius 1 is 0.879 bits per heavy atom. The Labute approximate surface area is 202 Å². The molecule has 0 aliphatic rings. The summed E-state index contributed by atoms with van der Waals surface area (Å²) < 4.78 is 27.5. The van der Waals surface area contributed by atoms with Gasteiger partial charge < -0.3 is 19.2 Å². The third-order valence-electron chi connectivity index (χ3n) is 5.42. The van der Waals surface area contributed by atoms with Crippen LogP contribution in [0.15, 0.2) is 0 Å². The minimum atomic E-state index is -4.32. The van der Waals surface area contributed by atoms with E-state index in [1.807, 2.05) is 21.1 Å². The van der Waals surface area contributed by atoms with E-state index < -0.39 is 20.5 Å². The SMILES string of the molecule is CCCCCCCCCCCCCCCC(=O)OC[C@@H](CO)OP(=O)(O)OCC[N+](C)(C)C. The van der Waals surface area contributed by atoms with E-state index in [4.69, 9.17) is 13.8 Å². The summed E-state index contributed by atoms with van der Waals surface area (Å²) in [5.41, 5.74) is 0. The van der Waals surface area contributed by atoms with Crippen LogP contribution in [0, 0.1) is 0 Å². The minimum Gasteiger partial charge on any atom is -0.463 e. The van der Waals surface area contributed by atoms with E-state index in [2.05, 4.69) is 6.92 Å². The molecule has 8 nitrogen and oxygen atoms in total. The maximum atomic E-state index is 12.0. The predicted molar refractivity (Wildman–Crippen MR) is 132 cm³/mol. The molecule has 0 fully saturated rings. The lowest BCUT2D eigenvalue weighted by atomic mass is 10.0. The number of hydrogen-bond acceptors (Lipinski definition) is 6. The number of aliphatic hydroxyl groups is 1. The Hall–Kier alpha value is -0.500. The number of carbonyl (C=O) groups excluding carboxylic acids is 1. The molecule has 0 spiro atoms. The Bertz CT molecular complexity index is 525. The molecular formula is C24H51NO7P+. The Morgan fingerprint density at radius 3 is 1.82 bits per heavy atom. The van der Waals surface area contributed by atoms with Crippen molar-refractivity contribution in [3.63, 3.8) is 0 Å². The first-order chi connectivity index (χ1) is 15.6. The summed E-state index contributed by atoms with van der Waals surface area (Å²) in [6.07, 6.45) is 15.3. The molecule has 2 N–H and O–H groups in total. The fourth-order valence-electron chi connectivity index (χ4n) is 3.31. The largest absolute Gasteiger partial charge is 0.472 e. The van der Waals surface area contributed by atoms with Crippen molar-refractivity contribution < 1.29 is 37.6 Å². The summed E-state index contributed by atoms with van der Waals surface area (Å²) in [5, 5.41) is 9.35. The van der Waals surface area contributed by atoms with Crippen molar-refractivity contribution in [1.82, 2.24) is 0 Å². The van der Waals surface area contributed by atoms with Crippen LogP contribution in [0.1, 0.15) is 96.8 Å². The average Bonchev–Trinajstić information content (AvgIpc) is 2.73. The van der Waals surface area contributed by atoms with Gasteiger partial charge in [-0.15, -0.1) is 0 Å². The van der Waals surface area contributed by atoms with Crippen LogP contribution < -0.4 is 0 Å². The number of esters is 1. The lowest BCUT2D eigenvalue weighted by Crippen LogP contribution is -2.37. The van der Waals surface area contributed by atoms with Crippen LogP contribution >= 0.6 is 7.82 Å². The molecule has 33 heavy (non-hydrogen) atoms. The van der Waals surface area contributed by atoms with Crippen molar-refractivity contribution in [1.29, 1.82) is 0 Å². The molecule has 2 atom stereocenters. The molecule has 0 saturated heterocycles. The summed E-state index contributed by atoms with van der Waals surface area (Å²) in [6.45, 7) is 1.97. The van der Waals surface area contributed by atoms with Crippen LogP contribution in [0.5, 0.6) is 0 Å². The van der Waals surface area contributed by atoms with Gasteiger partial charge in [-0.05, 0) is 6.42 Å². The van der Waals surface area contributed by atoms with Crippen molar-refractivity contribution in [2.45, 2.75) is 103 Å². The van der Waals surface area contributed by atoms with E-state index in [0.29, 0.717) is 17.4 Å². The number of unbranched alkanes of at least 4 members (excludes halogenated alkanes) is 12. The highest BCUT2D eigenvalue weighted by molar-refractivity contribution is 7.47. The molecule has 0 amide bonds. The minimum absolute atomic E-state index is 0.0360. The highest BCUT2D eigenvalue weighted by atomic mass is 31.2. The number of rotatable bonds is 23. The van der Waals surface area contributed by atoms with Gasteiger partial charge >= 0.3 is 13.8 Å². The van der Waals surface area contributed by atoms with Gasteiger partial charge in [0.25, 0.3) is 0 Å². The number of carbonyl (C=O) groups is 1. The zero-order valence-corrected chi connectivity index (χ0v) is 22.5. The van der Waals surface area contributed by atoms with Crippen LogP contribution in [0.2, 0.25) is 0 Å². The molecular weight excluding hydrogens is 445 g/mol. The number of phosphoric ester groups is 1. The van der Waals surface area contributed by atoms with Crippen LogP contribution in [0.25, 0.3) is 0 Å². The molecule has 198 valence electrons. The number of ether oxygens (including phenoxy) is 1. The van der Waals surface area contributed by atoms with Gasteiger partial charge in [0, 0.05) is 6.42 Å². The molecule has 9 heteroatoms. The van der Waals surface area contributed by atoms with Gasteiger partial charge in [-0.3, -0.25) is 13.8 Å². The van der Waals surface area contributed by atoms with Crippen molar-refractivity contribution >= 4 is 13.8 Å². The summed E-state index contributed by atoms with van der Waals surface area (Å²) in [7, 11) is 1.47. The zero-order chi connectivity index (χ0) is 25.0. The van der Waals surface area contributed by atoms with Crippen molar-refractivity contribution in [3.8, 4) is 0 Å². The summed E-state index contributed by atoms with van der Waals surface area (Å²) in [4.78, 5) is 21.7. The lowest BCUT2D eigenvalue weighted by Gasteiger charge is -2.24. The first-order valence-electron chi connectivity index (χ1n) is 12.8. The van der Waals surface area contributed by atoms with Crippen molar-refractivity contribution in [2.24, 2.45) is 0 Å². The molecule has 0 saturated carbocycles. The molecule has 0 radical (unpaired) electrons. The van der Waals surface area contributed by atoms with Gasteiger partial charge in [0.1, 0.15) is 25.9 Å². The molecule has 0 rings (SSSR count). The maximum Gasteiger partial charge on any atom is 0.472 e. The predicted octanol–water partition coefficient (Wildman–Crippen LogP) is 5.21. The number of quaternary nitrogens is 1. The average molecular weight is 497 g/mol. The van der Waals surface area contributed by atoms with Gasteiger partial charge in [0.15, 0.2) is 0 Å². The lowest BCUT2D eigenvalue weighted by molar-refractivity contribution is -0.870. The normalized spacial score (nSPS) is 14.7. The maximum absolute atomic E-state index is 12.0. The number of nitrogens with zero attached hydrogens (tertiary/aromatic N) is 1. The summed E-state index contributed by atoms with van der Waals surface area (Å²) >= 11 is 0. The first-order valence-corrected chi connectivity index (χ1v) is 14.3. The molecule has 0 aromatic rings. The molecule has 0 aromatic carbocycles. The van der Waals surface area contributed by atoms with Gasteiger partial charge in [-0.1, -0.05) is 84.0 Å².